The van der Waals surface area contributed by atoms with Crippen molar-refractivity contribution >= 4 is 45.8 Å². The molecule has 0 aliphatic carbocycles. The number of nitrogens with one attached hydrogen (secondary N) is 1. The van der Waals surface area contributed by atoms with Crippen LogP contribution in [-0.4, -0.2) is 39.3 Å². The fourth-order valence-corrected chi connectivity index (χ4v) is 2.32. The minimum atomic E-state index is -0.446. The van der Waals surface area contributed by atoms with Crippen LogP contribution in [0.4, 0.5) is 11.9 Å². The third-order valence-electron chi connectivity index (χ3n) is 2.99. The highest BCUT2D eigenvalue weighted by atomic mass is 35.5. The van der Waals surface area contributed by atoms with Gasteiger partial charge >= 0.3 is 0 Å². The molecule has 0 atom stereocenters. The number of nitrogens with zero attached hydrogens (tertiary/aromatic N) is 7. The van der Waals surface area contributed by atoms with Crippen LogP contribution < -0.4 is 17.0 Å². The van der Waals surface area contributed by atoms with Gasteiger partial charge in [0.2, 0.25) is 11.9 Å². The molecule has 5 N–H and O–H groups in total. The average Bonchev–Trinajstić information content (AvgIpc) is 3.02. The van der Waals surface area contributed by atoms with Crippen LogP contribution in [0.2, 0.25) is 5.15 Å². The van der Waals surface area contributed by atoms with Gasteiger partial charge in [0.05, 0.1) is 0 Å². The molecule has 12 heteroatoms. The van der Waals surface area contributed by atoms with E-state index >= 15 is 0 Å². The molecule has 0 radical (unpaired) electrons. The van der Waals surface area contributed by atoms with Crippen molar-refractivity contribution in [3.63, 3.8) is 0 Å². The highest BCUT2D eigenvalue weighted by Gasteiger charge is 2.15. The fourth-order valence-electron chi connectivity index (χ4n) is 2.10. The zero-order valence-electron chi connectivity index (χ0n) is 10.7. The molecule has 0 fully saturated rings. The second-order valence-electron chi connectivity index (χ2n) is 4.35. The number of H-pyrrole nitrogens is 1. The molecule has 0 bridgehead atoms. The molecule has 0 saturated carbocycles. The van der Waals surface area contributed by atoms with Gasteiger partial charge in [-0.25, -0.2) is 19.3 Å². The van der Waals surface area contributed by atoms with E-state index in [1.807, 2.05) is 0 Å². The van der Waals surface area contributed by atoms with Crippen LogP contribution >= 0.6 is 11.6 Å². The summed E-state index contributed by atoms with van der Waals surface area (Å²) in [6.45, 7) is 0. The Bertz CT molecular complexity index is 1090. The second kappa shape index (κ2) is 4.14. The molecule has 0 saturated heterocycles. The van der Waals surface area contributed by atoms with Crippen molar-refractivity contribution in [3.8, 4) is 0 Å². The third kappa shape index (κ3) is 1.62. The highest BCUT2D eigenvalue weighted by Crippen LogP contribution is 2.20. The lowest BCUT2D eigenvalue weighted by atomic mass is 10.5. The molecule has 110 valence electrons. The first-order valence-corrected chi connectivity index (χ1v) is 6.32. The standard InChI is InChI=1S/C10H7ClN10O/c11-5-3-6(17-9(12)16-5)20(1-14-3)21-2-15-4-7(21)18-10(13)19-8(4)22/h1-2H,(H2,12,16,17)(H3,13,18,19,22). The molecule has 11 nitrogen and oxygen atoms in total. The van der Waals surface area contributed by atoms with Gasteiger partial charge in [0, 0.05) is 0 Å². The molecule has 0 aliphatic heterocycles. The number of nitrogen functional groups attached to an aromatic ring is 2. The number of aromatic amines is 1. The number of fused-ring (bicyclic) bond motifs is 2. The topological polar surface area (TPSA) is 159 Å². The van der Waals surface area contributed by atoms with Crippen LogP contribution in [0.1, 0.15) is 0 Å². The van der Waals surface area contributed by atoms with E-state index in [1.54, 1.807) is 0 Å². The van der Waals surface area contributed by atoms with E-state index in [0.717, 1.165) is 0 Å². The van der Waals surface area contributed by atoms with Crippen molar-refractivity contribution < 1.29 is 0 Å². The van der Waals surface area contributed by atoms with E-state index in [0.29, 0.717) is 11.2 Å². The van der Waals surface area contributed by atoms with Crippen LogP contribution in [0.15, 0.2) is 17.4 Å². The summed E-state index contributed by atoms with van der Waals surface area (Å²) in [6, 6.07) is 0. The Balaban J connectivity index is 2.10. The van der Waals surface area contributed by atoms with E-state index in [-0.39, 0.29) is 28.2 Å². The minimum absolute atomic E-state index is 0.00556. The van der Waals surface area contributed by atoms with E-state index in [9.17, 15) is 4.79 Å². The molecule has 22 heavy (non-hydrogen) atoms. The Morgan fingerprint density at radius 3 is 2.36 bits per heavy atom. The molecule has 0 unspecified atom stereocenters. The zero-order valence-corrected chi connectivity index (χ0v) is 11.5. The number of aromatic nitrogens is 8. The lowest BCUT2D eigenvalue weighted by Gasteiger charge is -2.05. The van der Waals surface area contributed by atoms with Gasteiger partial charge in [0.15, 0.2) is 22.0 Å². The Kier molecular flexibility index (Phi) is 2.36. The van der Waals surface area contributed by atoms with Crippen LogP contribution in [0.25, 0.3) is 22.3 Å². The molecule has 0 spiro atoms. The normalized spacial score (nSPS) is 11.5. The molecule has 4 aromatic rings. The molecule has 4 rings (SSSR count). The summed E-state index contributed by atoms with van der Waals surface area (Å²) in [5.74, 6) is -0.0372. The van der Waals surface area contributed by atoms with Crippen LogP contribution in [-0.2, 0) is 0 Å². The van der Waals surface area contributed by atoms with Gasteiger partial charge in [-0.15, -0.1) is 0 Å². The van der Waals surface area contributed by atoms with Crippen molar-refractivity contribution in [2.45, 2.75) is 0 Å². The molecule has 0 aliphatic rings. The molecule has 4 aromatic heterocycles. The van der Waals surface area contributed by atoms with E-state index < -0.39 is 5.56 Å². The Morgan fingerprint density at radius 1 is 1.00 bits per heavy atom. The van der Waals surface area contributed by atoms with E-state index in [2.05, 4.69) is 29.9 Å². The first-order valence-electron chi connectivity index (χ1n) is 5.94. The minimum Gasteiger partial charge on any atom is -0.369 e. The second-order valence-corrected chi connectivity index (χ2v) is 4.70. The summed E-state index contributed by atoms with van der Waals surface area (Å²) in [5, 5.41) is 0.121. The van der Waals surface area contributed by atoms with Crippen molar-refractivity contribution in [1.29, 1.82) is 0 Å². The summed E-state index contributed by atoms with van der Waals surface area (Å²) in [5.41, 5.74) is 11.8. The first-order chi connectivity index (χ1) is 10.5. The maximum atomic E-state index is 11.8. The highest BCUT2D eigenvalue weighted by molar-refractivity contribution is 6.33. The SMILES string of the molecule is Nc1nc(Cl)c2ncn(-n3cnc4c(=O)[nH]c(N)nc43)c2n1. The lowest BCUT2D eigenvalue weighted by Crippen LogP contribution is -2.14. The van der Waals surface area contributed by atoms with Crippen molar-refractivity contribution in [3.05, 3.63) is 28.2 Å². The number of hydrogen-bond donors (Lipinski definition) is 3. The Morgan fingerprint density at radius 2 is 1.64 bits per heavy atom. The van der Waals surface area contributed by atoms with Gasteiger partial charge in [-0.3, -0.25) is 9.78 Å². The number of hydrogen-bond acceptors (Lipinski definition) is 8. The zero-order chi connectivity index (χ0) is 15.4. The van der Waals surface area contributed by atoms with Gasteiger partial charge < -0.3 is 11.5 Å². The smallest absolute Gasteiger partial charge is 0.280 e. The first kappa shape index (κ1) is 12.5. The number of nitrogens with two attached hydrogens (primary N) is 2. The van der Waals surface area contributed by atoms with Crippen molar-refractivity contribution in [2.24, 2.45) is 0 Å². The summed E-state index contributed by atoms with van der Waals surface area (Å²) >= 11 is 5.98. The Hall–Kier alpha value is -3.21. The van der Waals surface area contributed by atoms with Gasteiger partial charge in [-0.2, -0.15) is 15.0 Å². The monoisotopic (exact) mass is 318 g/mol. The van der Waals surface area contributed by atoms with E-state index in [4.69, 9.17) is 23.1 Å². The summed E-state index contributed by atoms with van der Waals surface area (Å²) < 4.78 is 2.94. The number of halogens is 1. The van der Waals surface area contributed by atoms with E-state index in [1.165, 1.54) is 22.0 Å². The maximum absolute atomic E-state index is 11.8. The maximum Gasteiger partial charge on any atom is 0.280 e. The van der Waals surface area contributed by atoms with Crippen LogP contribution in [0.5, 0.6) is 0 Å². The number of anilines is 2. The fraction of sp³-hybridized carbons (Fsp3) is 0. The predicted molar refractivity (Wildman–Crippen MR) is 78.1 cm³/mol. The third-order valence-corrected chi connectivity index (χ3v) is 3.26. The quantitative estimate of drug-likeness (QED) is 0.392. The predicted octanol–water partition coefficient (Wildman–Crippen LogP) is -0.612. The van der Waals surface area contributed by atoms with Crippen LogP contribution in [0, 0.1) is 0 Å². The summed E-state index contributed by atoms with van der Waals surface area (Å²) in [6.07, 6.45) is 2.82. The lowest BCUT2D eigenvalue weighted by molar-refractivity contribution is 0.688. The summed E-state index contributed by atoms with van der Waals surface area (Å²) in [4.78, 5) is 34.3. The van der Waals surface area contributed by atoms with Gasteiger partial charge in [0.25, 0.3) is 5.56 Å². The number of rotatable bonds is 1. The van der Waals surface area contributed by atoms with Gasteiger partial charge in [-0.05, 0) is 0 Å². The largest absolute Gasteiger partial charge is 0.369 e. The average molecular weight is 319 g/mol. The Labute approximate surface area is 125 Å². The van der Waals surface area contributed by atoms with Crippen molar-refractivity contribution in [2.75, 3.05) is 11.5 Å². The molecule has 4 heterocycles. The van der Waals surface area contributed by atoms with Crippen molar-refractivity contribution in [1.82, 2.24) is 39.3 Å². The molecular formula is C10H7ClN10O. The summed E-state index contributed by atoms with van der Waals surface area (Å²) in [7, 11) is 0. The van der Waals surface area contributed by atoms with Crippen LogP contribution in [0.3, 0.4) is 0 Å². The molecule has 0 amide bonds. The molecular weight excluding hydrogens is 312 g/mol. The van der Waals surface area contributed by atoms with Gasteiger partial charge in [0.1, 0.15) is 18.2 Å². The number of imidazole rings is 2. The van der Waals surface area contributed by atoms with Gasteiger partial charge in [-0.1, -0.05) is 11.6 Å². The molecule has 0 aromatic carbocycles.